The lowest BCUT2D eigenvalue weighted by atomic mass is 10.1. The third-order valence-corrected chi connectivity index (χ3v) is 2.73. The fraction of sp³-hybridized carbons (Fsp3) is 0.444. The molecule has 0 unspecified atom stereocenters. The van der Waals surface area contributed by atoms with Crippen molar-refractivity contribution in [2.45, 2.75) is 18.6 Å². The highest BCUT2D eigenvalue weighted by molar-refractivity contribution is 7.97. The summed E-state index contributed by atoms with van der Waals surface area (Å²) in [5, 5.41) is 9.65. The molecule has 0 aliphatic heterocycles. The van der Waals surface area contributed by atoms with Crippen LogP contribution in [0.3, 0.4) is 0 Å². The highest BCUT2D eigenvalue weighted by atomic mass is 35.5. The number of aromatic hydroxyl groups is 1. The van der Waals surface area contributed by atoms with Crippen LogP contribution in [0.25, 0.3) is 0 Å². The molecule has 0 saturated heterocycles. The van der Waals surface area contributed by atoms with Crippen molar-refractivity contribution < 1.29 is 5.11 Å². The maximum absolute atomic E-state index is 9.65. The van der Waals surface area contributed by atoms with Crippen molar-refractivity contribution in [1.82, 2.24) is 4.98 Å². The minimum atomic E-state index is 0. The van der Waals surface area contributed by atoms with E-state index in [4.69, 9.17) is 11.6 Å². The predicted molar refractivity (Wildman–Crippen MR) is 64.7 cm³/mol. The Morgan fingerprint density at radius 1 is 1.57 bits per heavy atom. The second-order valence-electron chi connectivity index (χ2n) is 2.76. The lowest BCUT2D eigenvalue weighted by Gasteiger charge is -2.08. The van der Waals surface area contributed by atoms with Crippen molar-refractivity contribution >= 4 is 35.8 Å². The molecule has 5 heteroatoms. The minimum Gasteiger partial charge on any atom is -0.506 e. The van der Waals surface area contributed by atoms with Crippen molar-refractivity contribution in [1.29, 1.82) is 0 Å². The van der Waals surface area contributed by atoms with E-state index in [0.717, 1.165) is 16.9 Å². The Labute approximate surface area is 99.5 Å². The van der Waals surface area contributed by atoms with E-state index in [0.29, 0.717) is 11.6 Å². The first-order valence-electron chi connectivity index (χ1n) is 3.92. The molecule has 1 aromatic heterocycles. The molecule has 0 atom stereocenters. The van der Waals surface area contributed by atoms with Crippen LogP contribution >= 0.6 is 35.8 Å². The summed E-state index contributed by atoms with van der Waals surface area (Å²) in [5.74, 6) is 1.41. The molecular formula is C9H13Cl2NOS. The number of nitrogens with zero attached hydrogens (tertiary/aromatic N) is 1. The molecule has 80 valence electrons. The number of aromatic nitrogens is 1. The van der Waals surface area contributed by atoms with Gasteiger partial charge in [-0.1, -0.05) is 0 Å². The molecule has 2 nitrogen and oxygen atoms in total. The van der Waals surface area contributed by atoms with Gasteiger partial charge in [-0.2, -0.15) is 11.8 Å². The molecule has 1 aromatic rings. The highest BCUT2D eigenvalue weighted by Gasteiger charge is 2.09. The predicted octanol–water partition coefficient (Wildman–Crippen LogP) is 3.12. The molecule has 1 heterocycles. The molecule has 0 aliphatic carbocycles. The number of hydrogen-bond donors (Lipinski definition) is 1. The van der Waals surface area contributed by atoms with Crippen LogP contribution in [0, 0.1) is 6.92 Å². The van der Waals surface area contributed by atoms with Crippen molar-refractivity contribution in [3.63, 3.8) is 0 Å². The Morgan fingerprint density at radius 3 is 2.71 bits per heavy atom. The number of pyridine rings is 1. The van der Waals surface area contributed by atoms with Gasteiger partial charge in [0.1, 0.15) is 5.75 Å². The zero-order valence-corrected chi connectivity index (χ0v) is 10.5. The molecule has 0 saturated carbocycles. The Kier molecular flexibility index (Phi) is 6.33. The first-order valence-corrected chi connectivity index (χ1v) is 5.84. The second-order valence-corrected chi connectivity index (χ2v) is 3.90. The van der Waals surface area contributed by atoms with E-state index in [-0.39, 0.29) is 18.2 Å². The Bertz CT molecular complexity index is 307. The van der Waals surface area contributed by atoms with E-state index in [1.165, 1.54) is 0 Å². The molecule has 0 aliphatic rings. The van der Waals surface area contributed by atoms with Crippen LogP contribution in [-0.4, -0.2) is 16.3 Å². The smallest absolute Gasteiger partial charge is 0.141 e. The van der Waals surface area contributed by atoms with Gasteiger partial charge in [-0.25, -0.2) is 0 Å². The van der Waals surface area contributed by atoms with E-state index in [1.54, 1.807) is 24.9 Å². The number of alkyl halides is 1. The molecule has 0 radical (unpaired) electrons. The number of hydrogen-bond acceptors (Lipinski definition) is 3. The van der Waals surface area contributed by atoms with Crippen LogP contribution in [0.2, 0.25) is 0 Å². The molecule has 0 aromatic carbocycles. The standard InChI is InChI=1S/C9H12ClNOS.ClH/c1-6-9(12)8(3-10)7(4-11-6)5-13-2;/h4,12H,3,5H2,1-2H3;1H. The summed E-state index contributed by atoms with van der Waals surface area (Å²) >= 11 is 7.44. The van der Waals surface area contributed by atoms with Crippen molar-refractivity contribution in [3.8, 4) is 5.75 Å². The van der Waals surface area contributed by atoms with Gasteiger partial charge in [0.2, 0.25) is 0 Å². The van der Waals surface area contributed by atoms with Gasteiger partial charge >= 0.3 is 0 Å². The maximum Gasteiger partial charge on any atom is 0.141 e. The first-order chi connectivity index (χ1) is 6.20. The average Bonchev–Trinajstić information content (AvgIpc) is 2.12. The summed E-state index contributed by atoms with van der Waals surface area (Å²) in [6.07, 6.45) is 3.79. The van der Waals surface area contributed by atoms with Crippen LogP contribution in [0.4, 0.5) is 0 Å². The van der Waals surface area contributed by atoms with Gasteiger partial charge < -0.3 is 5.11 Å². The van der Waals surface area contributed by atoms with Gasteiger partial charge in [0, 0.05) is 17.5 Å². The first kappa shape index (κ1) is 13.9. The molecular weight excluding hydrogens is 241 g/mol. The Morgan fingerprint density at radius 2 is 2.21 bits per heavy atom. The summed E-state index contributed by atoms with van der Waals surface area (Å²) in [4.78, 5) is 4.08. The third kappa shape index (κ3) is 2.94. The minimum absolute atomic E-state index is 0. The molecule has 1 rings (SSSR count). The maximum atomic E-state index is 9.65. The second kappa shape index (κ2) is 6.38. The lowest BCUT2D eigenvalue weighted by molar-refractivity contribution is 0.462. The van der Waals surface area contributed by atoms with E-state index >= 15 is 0 Å². The fourth-order valence-corrected chi connectivity index (χ4v) is 1.97. The largest absolute Gasteiger partial charge is 0.506 e. The highest BCUT2D eigenvalue weighted by Crippen LogP contribution is 2.27. The monoisotopic (exact) mass is 253 g/mol. The van der Waals surface area contributed by atoms with Crippen LogP contribution in [0.1, 0.15) is 16.8 Å². The Hall–Kier alpha value is -0.120. The zero-order chi connectivity index (χ0) is 9.84. The van der Waals surface area contributed by atoms with Crippen molar-refractivity contribution in [2.75, 3.05) is 6.26 Å². The number of thioether (sulfide) groups is 1. The van der Waals surface area contributed by atoms with Crippen LogP contribution in [-0.2, 0) is 11.6 Å². The van der Waals surface area contributed by atoms with Gasteiger partial charge in [0.05, 0.1) is 11.6 Å². The Balaban J connectivity index is 0.00000169. The van der Waals surface area contributed by atoms with E-state index in [2.05, 4.69) is 4.98 Å². The van der Waals surface area contributed by atoms with E-state index < -0.39 is 0 Å². The molecule has 14 heavy (non-hydrogen) atoms. The summed E-state index contributed by atoms with van der Waals surface area (Å²) in [6.45, 7) is 1.77. The quantitative estimate of drug-likeness (QED) is 0.841. The zero-order valence-electron chi connectivity index (χ0n) is 8.08. The van der Waals surface area contributed by atoms with Crippen molar-refractivity contribution in [2.24, 2.45) is 0 Å². The molecule has 0 bridgehead atoms. The molecule has 0 spiro atoms. The topological polar surface area (TPSA) is 33.1 Å². The van der Waals surface area contributed by atoms with Gasteiger partial charge in [0.15, 0.2) is 0 Å². The van der Waals surface area contributed by atoms with Crippen LogP contribution < -0.4 is 0 Å². The van der Waals surface area contributed by atoms with Crippen LogP contribution in [0.5, 0.6) is 5.75 Å². The fourth-order valence-electron chi connectivity index (χ4n) is 1.11. The van der Waals surface area contributed by atoms with Gasteiger partial charge in [-0.15, -0.1) is 24.0 Å². The number of aryl methyl sites for hydroxylation is 1. The van der Waals surface area contributed by atoms with Crippen molar-refractivity contribution in [3.05, 3.63) is 23.0 Å². The lowest BCUT2D eigenvalue weighted by Crippen LogP contribution is -1.95. The third-order valence-electron chi connectivity index (χ3n) is 1.86. The van der Waals surface area contributed by atoms with E-state index in [9.17, 15) is 5.11 Å². The normalized spacial score (nSPS) is 9.64. The van der Waals surface area contributed by atoms with E-state index in [1.807, 2.05) is 6.26 Å². The number of halogens is 2. The molecule has 0 fully saturated rings. The van der Waals surface area contributed by atoms with Gasteiger partial charge in [-0.05, 0) is 18.7 Å². The van der Waals surface area contributed by atoms with Gasteiger partial charge in [0.25, 0.3) is 0 Å². The summed E-state index contributed by atoms with van der Waals surface area (Å²) in [6, 6.07) is 0. The summed E-state index contributed by atoms with van der Waals surface area (Å²) < 4.78 is 0. The number of rotatable bonds is 3. The van der Waals surface area contributed by atoms with Gasteiger partial charge in [-0.3, -0.25) is 4.98 Å². The van der Waals surface area contributed by atoms with Crippen LogP contribution in [0.15, 0.2) is 6.20 Å². The summed E-state index contributed by atoms with van der Waals surface area (Å²) in [5.41, 5.74) is 2.47. The molecule has 1 N–H and O–H groups in total. The summed E-state index contributed by atoms with van der Waals surface area (Å²) in [7, 11) is 0. The average molecular weight is 254 g/mol. The SMILES string of the molecule is CSCc1cnc(C)c(O)c1CCl.Cl. The molecule has 0 amide bonds.